The summed E-state index contributed by atoms with van der Waals surface area (Å²) in [6.07, 6.45) is 4.56. The molecule has 0 aliphatic carbocycles. The Bertz CT molecular complexity index is 886. The number of aryl methyl sites for hydroxylation is 1. The molecule has 1 atom stereocenters. The molecule has 1 aromatic heterocycles. The number of thioether (sulfide) groups is 1. The van der Waals surface area contributed by atoms with Gasteiger partial charge in [-0.1, -0.05) is 53.4 Å². The zero-order valence-corrected chi connectivity index (χ0v) is 18.2. The zero-order chi connectivity index (χ0) is 20.0. The van der Waals surface area contributed by atoms with Crippen LogP contribution in [0, 0.1) is 5.92 Å². The Balaban J connectivity index is 1.53. The first kappa shape index (κ1) is 21.2. The maximum Gasteiger partial charge on any atom is 0.230 e. The molecular weight excluding hydrogens is 416 g/mol. The lowest BCUT2D eigenvalue weighted by atomic mass is 9.99. The number of nitrogens with one attached hydrogen (secondary N) is 1. The van der Waals surface area contributed by atoms with Gasteiger partial charge in [-0.15, -0.1) is 10.2 Å². The van der Waals surface area contributed by atoms with Gasteiger partial charge in [-0.05, 0) is 37.5 Å². The Hall–Kier alpha value is -1.49. The van der Waals surface area contributed by atoms with E-state index < -0.39 is 10.0 Å². The van der Waals surface area contributed by atoms with Gasteiger partial charge in [0.25, 0.3) is 0 Å². The molecule has 2 aromatic rings. The third-order valence-corrected chi connectivity index (χ3v) is 8.41. The SMILES string of the molecule is CSc1nnc(NC(=O)[C@@H]2CCCN(S(=O)(=O)CCCc3ccccc3)C2)s1. The number of hydrogen-bond donors (Lipinski definition) is 1. The van der Waals surface area contributed by atoms with Crippen molar-refractivity contribution >= 4 is 44.2 Å². The molecule has 1 aliphatic heterocycles. The summed E-state index contributed by atoms with van der Waals surface area (Å²) < 4.78 is 27.7. The summed E-state index contributed by atoms with van der Waals surface area (Å²) in [6.45, 7) is 0.709. The molecule has 152 valence electrons. The molecule has 28 heavy (non-hydrogen) atoms. The van der Waals surface area contributed by atoms with Crippen molar-refractivity contribution in [1.29, 1.82) is 0 Å². The summed E-state index contributed by atoms with van der Waals surface area (Å²) in [4.78, 5) is 12.5. The Morgan fingerprint density at radius 2 is 2.11 bits per heavy atom. The van der Waals surface area contributed by atoms with Gasteiger partial charge >= 0.3 is 0 Å². The Labute approximate surface area is 174 Å². The van der Waals surface area contributed by atoms with E-state index in [2.05, 4.69) is 15.5 Å². The summed E-state index contributed by atoms with van der Waals surface area (Å²) in [5.74, 6) is -0.448. The number of carbonyl (C=O) groups is 1. The monoisotopic (exact) mass is 440 g/mol. The summed E-state index contributed by atoms with van der Waals surface area (Å²) >= 11 is 2.79. The van der Waals surface area contributed by atoms with E-state index in [0.29, 0.717) is 30.9 Å². The topological polar surface area (TPSA) is 92.3 Å². The molecule has 1 amide bonds. The van der Waals surface area contributed by atoms with Crippen molar-refractivity contribution in [1.82, 2.24) is 14.5 Å². The van der Waals surface area contributed by atoms with E-state index in [1.54, 1.807) is 0 Å². The van der Waals surface area contributed by atoms with Crippen LogP contribution in [0.3, 0.4) is 0 Å². The van der Waals surface area contributed by atoms with Crippen molar-refractivity contribution in [3.8, 4) is 0 Å². The number of sulfonamides is 1. The van der Waals surface area contributed by atoms with Crippen molar-refractivity contribution in [2.24, 2.45) is 5.92 Å². The average Bonchev–Trinajstić information content (AvgIpc) is 3.16. The number of nitrogens with zero attached hydrogens (tertiary/aromatic N) is 3. The predicted molar refractivity (Wildman–Crippen MR) is 113 cm³/mol. The first-order valence-electron chi connectivity index (χ1n) is 9.18. The molecule has 1 fully saturated rings. The van der Waals surface area contributed by atoms with Crippen LogP contribution in [-0.2, 0) is 21.2 Å². The molecule has 0 spiro atoms. The van der Waals surface area contributed by atoms with E-state index in [-0.39, 0.29) is 24.1 Å². The van der Waals surface area contributed by atoms with Gasteiger partial charge in [-0.3, -0.25) is 4.79 Å². The minimum atomic E-state index is -3.37. The standard InChI is InChI=1S/C18H24N4O3S3/c1-26-18-21-20-17(27-18)19-16(23)15-10-5-11-22(13-15)28(24,25)12-6-9-14-7-3-2-4-8-14/h2-4,7-8,15H,5-6,9-13H2,1H3,(H,19,20,23)/t15-/m1/s1. The molecule has 1 aliphatic rings. The van der Waals surface area contributed by atoms with Gasteiger partial charge in [0.15, 0.2) is 4.34 Å². The molecule has 0 bridgehead atoms. The van der Waals surface area contributed by atoms with Gasteiger partial charge in [-0.25, -0.2) is 12.7 Å². The van der Waals surface area contributed by atoms with Gasteiger partial charge < -0.3 is 5.32 Å². The number of hydrogen-bond acceptors (Lipinski definition) is 7. The third kappa shape index (κ3) is 5.76. The van der Waals surface area contributed by atoms with Crippen molar-refractivity contribution < 1.29 is 13.2 Å². The fraction of sp³-hybridized carbons (Fsp3) is 0.500. The largest absolute Gasteiger partial charge is 0.300 e. The van der Waals surface area contributed by atoms with Gasteiger partial charge in [0.05, 0.1) is 11.7 Å². The molecule has 0 radical (unpaired) electrons. The van der Waals surface area contributed by atoms with Crippen molar-refractivity contribution in [3.05, 3.63) is 35.9 Å². The molecule has 1 saturated heterocycles. The van der Waals surface area contributed by atoms with Crippen LogP contribution in [0.4, 0.5) is 5.13 Å². The molecule has 0 unspecified atom stereocenters. The molecule has 3 rings (SSSR count). The third-order valence-electron chi connectivity index (χ3n) is 4.67. The maximum atomic E-state index is 12.7. The quantitative estimate of drug-likeness (QED) is 0.501. The molecule has 1 aromatic carbocycles. The number of amides is 1. The van der Waals surface area contributed by atoms with Crippen LogP contribution in [-0.4, -0.2) is 53.9 Å². The van der Waals surface area contributed by atoms with Gasteiger partial charge in [0, 0.05) is 13.1 Å². The van der Waals surface area contributed by atoms with Gasteiger partial charge in [0.1, 0.15) is 0 Å². The van der Waals surface area contributed by atoms with Crippen LogP contribution in [0.2, 0.25) is 0 Å². The van der Waals surface area contributed by atoms with Crippen molar-refractivity contribution in [2.45, 2.75) is 30.0 Å². The van der Waals surface area contributed by atoms with Gasteiger partial charge in [0.2, 0.25) is 21.1 Å². The normalized spacial score (nSPS) is 18.1. The second kappa shape index (κ2) is 9.82. The minimum absolute atomic E-state index is 0.101. The number of aromatic nitrogens is 2. The second-order valence-electron chi connectivity index (χ2n) is 6.67. The predicted octanol–water partition coefficient (Wildman–Crippen LogP) is 2.87. The van der Waals surface area contributed by atoms with E-state index in [0.717, 1.165) is 16.3 Å². The lowest BCUT2D eigenvalue weighted by Gasteiger charge is -2.31. The van der Waals surface area contributed by atoms with Crippen LogP contribution < -0.4 is 5.32 Å². The van der Waals surface area contributed by atoms with E-state index in [1.807, 2.05) is 36.6 Å². The molecule has 1 N–H and O–H groups in total. The molecule has 7 nitrogen and oxygen atoms in total. The van der Waals surface area contributed by atoms with E-state index in [1.165, 1.54) is 27.4 Å². The van der Waals surface area contributed by atoms with Gasteiger partial charge in [-0.2, -0.15) is 0 Å². The average molecular weight is 441 g/mol. The second-order valence-corrected chi connectivity index (χ2v) is 10.8. The van der Waals surface area contributed by atoms with Crippen LogP contribution in [0.15, 0.2) is 34.7 Å². The number of carbonyl (C=O) groups excluding carboxylic acids is 1. The highest BCUT2D eigenvalue weighted by molar-refractivity contribution is 8.00. The Morgan fingerprint density at radius 3 is 2.82 bits per heavy atom. The summed E-state index contributed by atoms with van der Waals surface area (Å²) in [5.41, 5.74) is 1.13. The van der Waals surface area contributed by atoms with Crippen LogP contribution >= 0.6 is 23.1 Å². The van der Waals surface area contributed by atoms with Crippen molar-refractivity contribution in [3.63, 3.8) is 0 Å². The summed E-state index contributed by atoms with van der Waals surface area (Å²) in [5, 5.41) is 11.1. The van der Waals surface area contributed by atoms with Crippen LogP contribution in [0.5, 0.6) is 0 Å². The smallest absolute Gasteiger partial charge is 0.230 e. The highest BCUT2D eigenvalue weighted by atomic mass is 32.2. The fourth-order valence-electron chi connectivity index (χ4n) is 3.19. The lowest BCUT2D eigenvalue weighted by molar-refractivity contribution is -0.120. The first-order valence-corrected chi connectivity index (χ1v) is 12.8. The molecular formula is C18H24N4O3S3. The number of piperidine rings is 1. The summed E-state index contributed by atoms with van der Waals surface area (Å²) in [7, 11) is -3.37. The Morgan fingerprint density at radius 1 is 1.32 bits per heavy atom. The molecule has 10 heteroatoms. The van der Waals surface area contributed by atoms with Crippen LogP contribution in [0.1, 0.15) is 24.8 Å². The lowest BCUT2D eigenvalue weighted by Crippen LogP contribution is -2.44. The molecule has 2 heterocycles. The summed E-state index contributed by atoms with van der Waals surface area (Å²) in [6, 6.07) is 9.87. The van der Waals surface area contributed by atoms with E-state index in [4.69, 9.17) is 0 Å². The highest BCUT2D eigenvalue weighted by Crippen LogP contribution is 2.25. The van der Waals surface area contributed by atoms with Crippen LogP contribution in [0.25, 0.3) is 0 Å². The molecule has 0 saturated carbocycles. The Kier molecular flexibility index (Phi) is 7.44. The number of rotatable bonds is 8. The van der Waals surface area contributed by atoms with E-state index in [9.17, 15) is 13.2 Å². The maximum absolute atomic E-state index is 12.7. The van der Waals surface area contributed by atoms with Crippen molar-refractivity contribution in [2.75, 3.05) is 30.4 Å². The number of anilines is 1. The van der Waals surface area contributed by atoms with E-state index >= 15 is 0 Å². The highest BCUT2D eigenvalue weighted by Gasteiger charge is 2.32. The minimum Gasteiger partial charge on any atom is -0.300 e. The fourth-order valence-corrected chi connectivity index (χ4v) is 5.95. The number of benzene rings is 1. The first-order chi connectivity index (χ1) is 13.5. The zero-order valence-electron chi connectivity index (χ0n) is 15.7.